The Bertz CT molecular complexity index is 1900. The molecule has 0 atom stereocenters. The van der Waals surface area contributed by atoms with E-state index in [1.165, 1.54) is 6.07 Å². The van der Waals surface area contributed by atoms with Crippen molar-refractivity contribution in [2.24, 2.45) is 7.05 Å². The molecular weight excluding hydrogens is 501 g/mol. The van der Waals surface area contributed by atoms with Crippen LogP contribution in [0.3, 0.4) is 0 Å². The number of benzene rings is 4. The number of nitrogens with zero attached hydrogens (tertiary/aromatic N) is 5. The highest BCUT2D eigenvalue weighted by atomic mass is 19.1. The number of ether oxygens (including phenoxy) is 1. The van der Waals surface area contributed by atoms with E-state index in [-0.39, 0.29) is 12.4 Å². The van der Waals surface area contributed by atoms with Crippen molar-refractivity contribution < 1.29 is 9.13 Å². The van der Waals surface area contributed by atoms with E-state index in [0.717, 1.165) is 27.8 Å². The number of nitriles is 1. The van der Waals surface area contributed by atoms with Gasteiger partial charge in [-0.15, -0.1) is 0 Å². The summed E-state index contributed by atoms with van der Waals surface area (Å²) in [6, 6.07) is 34.0. The SMILES string of the molecule is Cn1c(C(C#N)=Cc2cn(-c3ccccc3)nc2-c2cccc(OCc3ccccc3F)c2)nc2ccccc21. The van der Waals surface area contributed by atoms with Crippen molar-refractivity contribution in [3.05, 3.63) is 132 Å². The fourth-order valence-corrected chi connectivity index (χ4v) is 4.63. The van der Waals surface area contributed by atoms with Gasteiger partial charge in [0.05, 0.1) is 22.3 Å². The van der Waals surface area contributed by atoms with E-state index in [1.54, 1.807) is 22.9 Å². The maximum Gasteiger partial charge on any atom is 0.151 e. The van der Waals surface area contributed by atoms with E-state index < -0.39 is 0 Å². The molecule has 0 unspecified atom stereocenters. The van der Waals surface area contributed by atoms with Gasteiger partial charge in [-0.25, -0.2) is 14.1 Å². The van der Waals surface area contributed by atoms with Crippen molar-refractivity contribution in [2.75, 3.05) is 0 Å². The molecule has 0 bridgehead atoms. The second-order valence-electron chi connectivity index (χ2n) is 9.27. The quantitative estimate of drug-likeness (QED) is 0.207. The molecule has 6 nitrogen and oxygen atoms in total. The Hall–Kier alpha value is -5.48. The maximum absolute atomic E-state index is 14.1. The van der Waals surface area contributed by atoms with Gasteiger partial charge in [-0.3, -0.25) is 0 Å². The van der Waals surface area contributed by atoms with Crippen LogP contribution in [0.1, 0.15) is 17.0 Å². The standard InChI is InChI=1S/C33H24FN5O/c1-38-31-17-8-7-16-30(31)36-33(38)25(20-35)18-26-21-39(27-12-3-2-4-13-27)37-32(26)23-11-9-14-28(19-23)40-22-24-10-5-6-15-29(24)34/h2-19,21H,22H2,1H3. The van der Waals surface area contributed by atoms with E-state index >= 15 is 0 Å². The summed E-state index contributed by atoms with van der Waals surface area (Å²) in [5.41, 5.74) is 5.77. The van der Waals surface area contributed by atoms with Crippen LogP contribution in [-0.2, 0) is 13.7 Å². The Balaban J connectivity index is 1.42. The van der Waals surface area contributed by atoms with Gasteiger partial charge in [0.1, 0.15) is 29.9 Å². The molecule has 194 valence electrons. The predicted octanol–water partition coefficient (Wildman–Crippen LogP) is 7.21. The maximum atomic E-state index is 14.1. The second-order valence-corrected chi connectivity index (χ2v) is 9.27. The van der Waals surface area contributed by atoms with Crippen LogP contribution in [0, 0.1) is 17.1 Å². The second kappa shape index (κ2) is 10.7. The van der Waals surface area contributed by atoms with Gasteiger partial charge < -0.3 is 9.30 Å². The van der Waals surface area contributed by atoms with Gasteiger partial charge >= 0.3 is 0 Å². The molecule has 0 saturated heterocycles. The van der Waals surface area contributed by atoms with Crippen LogP contribution in [0.4, 0.5) is 4.39 Å². The first-order valence-corrected chi connectivity index (χ1v) is 12.8. The van der Waals surface area contributed by atoms with Crippen LogP contribution < -0.4 is 4.74 Å². The van der Waals surface area contributed by atoms with Crippen LogP contribution in [0.2, 0.25) is 0 Å². The van der Waals surface area contributed by atoms with E-state index in [2.05, 4.69) is 6.07 Å². The lowest BCUT2D eigenvalue weighted by molar-refractivity contribution is 0.300. The number of hydrogen-bond donors (Lipinski definition) is 0. The summed E-state index contributed by atoms with van der Waals surface area (Å²) in [4.78, 5) is 4.72. The fraction of sp³-hybridized carbons (Fsp3) is 0.0606. The molecule has 0 amide bonds. The van der Waals surface area contributed by atoms with Gasteiger partial charge in [-0.05, 0) is 48.5 Å². The van der Waals surface area contributed by atoms with Crippen LogP contribution in [-0.4, -0.2) is 19.3 Å². The highest BCUT2D eigenvalue weighted by molar-refractivity contribution is 5.93. The van der Waals surface area contributed by atoms with Crippen molar-refractivity contribution in [1.82, 2.24) is 19.3 Å². The first-order chi connectivity index (χ1) is 19.6. The lowest BCUT2D eigenvalue weighted by Gasteiger charge is -2.09. The van der Waals surface area contributed by atoms with Crippen LogP contribution in [0.15, 0.2) is 109 Å². The van der Waals surface area contributed by atoms with Crippen LogP contribution in [0.25, 0.3) is 39.6 Å². The number of halogens is 1. The molecule has 40 heavy (non-hydrogen) atoms. The van der Waals surface area contributed by atoms with Gasteiger partial charge in [0, 0.05) is 29.9 Å². The normalized spacial score (nSPS) is 11.5. The number of fused-ring (bicyclic) bond motifs is 1. The van der Waals surface area contributed by atoms with Gasteiger partial charge in [-0.2, -0.15) is 10.4 Å². The van der Waals surface area contributed by atoms with Crippen molar-refractivity contribution in [2.45, 2.75) is 6.61 Å². The number of para-hydroxylation sites is 3. The minimum absolute atomic E-state index is 0.104. The van der Waals surface area contributed by atoms with Crippen molar-refractivity contribution >= 4 is 22.7 Å². The molecule has 0 saturated carbocycles. The Morgan fingerprint density at radius 3 is 2.52 bits per heavy atom. The van der Waals surface area contributed by atoms with Crippen LogP contribution >= 0.6 is 0 Å². The number of rotatable bonds is 7. The summed E-state index contributed by atoms with van der Waals surface area (Å²) >= 11 is 0. The molecule has 6 rings (SSSR count). The summed E-state index contributed by atoms with van der Waals surface area (Å²) in [5.74, 6) is 0.851. The summed E-state index contributed by atoms with van der Waals surface area (Å²) in [6.45, 7) is 0.104. The minimum atomic E-state index is -0.307. The molecular formula is C33H24FN5O. The summed E-state index contributed by atoms with van der Waals surface area (Å²) < 4.78 is 23.8. The Morgan fingerprint density at radius 2 is 1.73 bits per heavy atom. The third kappa shape index (κ3) is 4.86. The zero-order valence-electron chi connectivity index (χ0n) is 21.7. The average Bonchev–Trinajstić information content (AvgIpc) is 3.57. The first-order valence-electron chi connectivity index (χ1n) is 12.8. The molecule has 0 N–H and O–H groups in total. The monoisotopic (exact) mass is 525 g/mol. The third-order valence-corrected chi connectivity index (χ3v) is 6.67. The highest BCUT2D eigenvalue weighted by Gasteiger charge is 2.17. The summed E-state index contributed by atoms with van der Waals surface area (Å²) in [7, 11) is 1.90. The largest absolute Gasteiger partial charge is 0.489 e. The molecule has 0 aliphatic heterocycles. The fourth-order valence-electron chi connectivity index (χ4n) is 4.63. The average molecular weight is 526 g/mol. The molecule has 0 aliphatic carbocycles. The first kappa shape index (κ1) is 24.8. The highest BCUT2D eigenvalue weighted by Crippen LogP contribution is 2.31. The minimum Gasteiger partial charge on any atom is -0.489 e. The van der Waals surface area contributed by atoms with E-state index in [9.17, 15) is 9.65 Å². The Labute approximate surface area is 230 Å². The van der Waals surface area contributed by atoms with E-state index in [0.29, 0.717) is 28.4 Å². The van der Waals surface area contributed by atoms with E-state index in [4.69, 9.17) is 14.8 Å². The van der Waals surface area contributed by atoms with Crippen LogP contribution in [0.5, 0.6) is 5.75 Å². The van der Waals surface area contributed by atoms with Gasteiger partial charge in [0.2, 0.25) is 0 Å². The number of hydrogen-bond acceptors (Lipinski definition) is 4. The van der Waals surface area contributed by atoms with Gasteiger partial charge in [0.25, 0.3) is 0 Å². The Kier molecular flexibility index (Phi) is 6.65. The topological polar surface area (TPSA) is 68.7 Å². The molecule has 0 aliphatic rings. The summed E-state index contributed by atoms with van der Waals surface area (Å²) in [6.07, 6.45) is 3.72. The lowest BCUT2D eigenvalue weighted by Crippen LogP contribution is -1.98. The molecule has 0 spiro atoms. The third-order valence-electron chi connectivity index (χ3n) is 6.67. The lowest BCUT2D eigenvalue weighted by atomic mass is 10.1. The van der Waals surface area contributed by atoms with Crippen molar-refractivity contribution in [3.8, 4) is 28.8 Å². The summed E-state index contributed by atoms with van der Waals surface area (Å²) in [5, 5.41) is 15.1. The molecule has 0 fully saturated rings. The molecule has 6 aromatic rings. The van der Waals surface area contributed by atoms with Crippen molar-refractivity contribution in [1.29, 1.82) is 5.26 Å². The number of allylic oxidation sites excluding steroid dienone is 1. The van der Waals surface area contributed by atoms with Crippen molar-refractivity contribution in [3.63, 3.8) is 0 Å². The number of aryl methyl sites for hydroxylation is 1. The van der Waals surface area contributed by atoms with Gasteiger partial charge in [-0.1, -0.05) is 60.7 Å². The molecule has 0 radical (unpaired) electrons. The van der Waals surface area contributed by atoms with E-state index in [1.807, 2.05) is 103 Å². The van der Waals surface area contributed by atoms with Gasteiger partial charge in [0.15, 0.2) is 5.82 Å². The Morgan fingerprint density at radius 1 is 0.950 bits per heavy atom. The smallest absolute Gasteiger partial charge is 0.151 e. The zero-order chi connectivity index (χ0) is 27.5. The number of aromatic nitrogens is 4. The molecule has 2 aromatic heterocycles. The molecule has 7 heteroatoms. The molecule has 4 aromatic carbocycles. The zero-order valence-corrected chi connectivity index (χ0v) is 21.7. The number of imidazole rings is 1. The predicted molar refractivity (Wildman–Crippen MR) is 154 cm³/mol. The molecule has 2 heterocycles.